The lowest BCUT2D eigenvalue weighted by Crippen LogP contribution is -2.11. The largest absolute Gasteiger partial charge is 0.493 e. The molecular formula is C16H20BrNO2S. The van der Waals surface area contributed by atoms with Crippen LogP contribution in [0.15, 0.2) is 23.6 Å². The number of aromatic nitrogens is 1. The maximum atomic E-state index is 5.88. The summed E-state index contributed by atoms with van der Waals surface area (Å²) in [7, 11) is 1.65. The molecule has 0 aliphatic rings. The van der Waals surface area contributed by atoms with Crippen LogP contribution in [0.3, 0.4) is 0 Å². The number of rotatable bonds is 5. The number of alkyl halides is 1. The molecule has 0 amide bonds. The van der Waals surface area contributed by atoms with E-state index in [2.05, 4.69) is 47.1 Å². The van der Waals surface area contributed by atoms with Gasteiger partial charge in [0.15, 0.2) is 11.5 Å². The molecule has 0 unspecified atom stereocenters. The van der Waals surface area contributed by atoms with E-state index in [0.717, 1.165) is 33.1 Å². The van der Waals surface area contributed by atoms with E-state index in [9.17, 15) is 0 Å². The molecule has 114 valence electrons. The highest BCUT2D eigenvalue weighted by Gasteiger charge is 2.17. The van der Waals surface area contributed by atoms with Crippen molar-refractivity contribution in [3.05, 3.63) is 39.8 Å². The number of methoxy groups -OCH3 is 1. The maximum absolute atomic E-state index is 5.88. The third kappa shape index (κ3) is 4.20. The Hall–Kier alpha value is -1.07. The van der Waals surface area contributed by atoms with Crippen LogP contribution >= 0.6 is 27.3 Å². The third-order valence-corrected chi connectivity index (χ3v) is 4.52. The summed E-state index contributed by atoms with van der Waals surface area (Å²) < 4.78 is 11.2. The Kier molecular flexibility index (Phi) is 5.27. The minimum absolute atomic E-state index is 0.0717. The number of hydrogen-bond donors (Lipinski definition) is 0. The fourth-order valence-corrected chi connectivity index (χ4v) is 3.06. The van der Waals surface area contributed by atoms with Crippen LogP contribution in [0.2, 0.25) is 0 Å². The fraction of sp³-hybridized carbons (Fsp3) is 0.438. The first-order valence-corrected chi connectivity index (χ1v) is 8.74. The van der Waals surface area contributed by atoms with E-state index in [1.807, 2.05) is 18.2 Å². The molecule has 2 rings (SSSR count). The van der Waals surface area contributed by atoms with Crippen molar-refractivity contribution in [2.45, 2.75) is 38.1 Å². The number of benzene rings is 1. The van der Waals surface area contributed by atoms with Gasteiger partial charge in [-0.3, -0.25) is 0 Å². The van der Waals surface area contributed by atoms with Crippen molar-refractivity contribution >= 4 is 27.3 Å². The molecule has 1 aromatic carbocycles. The van der Waals surface area contributed by atoms with E-state index < -0.39 is 0 Å². The summed E-state index contributed by atoms with van der Waals surface area (Å²) in [5.74, 6) is 1.49. The second-order valence-electron chi connectivity index (χ2n) is 5.78. The Morgan fingerprint density at radius 2 is 2.00 bits per heavy atom. The molecule has 1 heterocycles. The Morgan fingerprint density at radius 1 is 1.24 bits per heavy atom. The molecule has 0 aliphatic carbocycles. The van der Waals surface area contributed by atoms with Gasteiger partial charge in [-0.1, -0.05) is 42.8 Å². The summed E-state index contributed by atoms with van der Waals surface area (Å²) in [4.78, 5) is 4.64. The van der Waals surface area contributed by atoms with Crippen LogP contribution in [-0.4, -0.2) is 12.1 Å². The topological polar surface area (TPSA) is 31.4 Å². The molecule has 5 heteroatoms. The molecule has 0 spiro atoms. The number of thiazole rings is 1. The van der Waals surface area contributed by atoms with Crippen molar-refractivity contribution < 1.29 is 9.47 Å². The van der Waals surface area contributed by atoms with Gasteiger partial charge in [0.1, 0.15) is 11.6 Å². The molecular weight excluding hydrogens is 350 g/mol. The molecule has 0 N–H and O–H groups in total. The highest BCUT2D eigenvalue weighted by molar-refractivity contribution is 9.08. The molecule has 0 fully saturated rings. The highest BCUT2D eigenvalue weighted by atomic mass is 79.9. The zero-order chi connectivity index (χ0) is 15.5. The first kappa shape index (κ1) is 16.3. The van der Waals surface area contributed by atoms with Crippen LogP contribution in [0.1, 0.15) is 37.0 Å². The zero-order valence-corrected chi connectivity index (χ0v) is 15.2. The average molecular weight is 370 g/mol. The van der Waals surface area contributed by atoms with E-state index in [-0.39, 0.29) is 5.41 Å². The Balaban J connectivity index is 2.10. The predicted octanol–water partition coefficient (Wildman–Crippen LogP) is 4.92. The van der Waals surface area contributed by atoms with Gasteiger partial charge in [0.25, 0.3) is 0 Å². The van der Waals surface area contributed by atoms with Gasteiger partial charge >= 0.3 is 0 Å². The quantitative estimate of drug-likeness (QED) is 0.700. The normalized spacial score (nSPS) is 11.5. The second-order valence-corrected chi connectivity index (χ2v) is 7.29. The van der Waals surface area contributed by atoms with Crippen molar-refractivity contribution in [3.8, 4) is 11.5 Å². The fourth-order valence-electron chi connectivity index (χ4n) is 1.78. The van der Waals surface area contributed by atoms with Crippen molar-refractivity contribution in [2.24, 2.45) is 0 Å². The third-order valence-electron chi connectivity index (χ3n) is 3.05. The van der Waals surface area contributed by atoms with Crippen LogP contribution in [0.25, 0.3) is 0 Å². The Bertz CT molecular complexity index is 605. The summed E-state index contributed by atoms with van der Waals surface area (Å²) in [6.45, 7) is 6.95. The van der Waals surface area contributed by atoms with Gasteiger partial charge in [-0.2, -0.15) is 0 Å². The molecule has 2 aromatic rings. The monoisotopic (exact) mass is 369 g/mol. The maximum Gasteiger partial charge on any atom is 0.162 e. The van der Waals surface area contributed by atoms with Gasteiger partial charge in [0, 0.05) is 16.1 Å². The molecule has 0 saturated carbocycles. The molecule has 1 aromatic heterocycles. The standard InChI is InChI=1S/C16H20BrNO2S/c1-16(2,3)14-10-21-15(18-14)9-20-13-7-11(8-17)5-6-12(13)19-4/h5-7,10H,8-9H2,1-4H3. The van der Waals surface area contributed by atoms with Crippen molar-refractivity contribution in [2.75, 3.05) is 7.11 Å². The van der Waals surface area contributed by atoms with Gasteiger partial charge in [-0.25, -0.2) is 4.98 Å². The molecule has 3 nitrogen and oxygen atoms in total. The summed E-state index contributed by atoms with van der Waals surface area (Å²) in [6, 6.07) is 5.93. The molecule has 0 bridgehead atoms. The lowest BCUT2D eigenvalue weighted by molar-refractivity contribution is 0.283. The van der Waals surface area contributed by atoms with Gasteiger partial charge in [0.05, 0.1) is 12.8 Å². The molecule has 0 radical (unpaired) electrons. The summed E-state index contributed by atoms with van der Waals surface area (Å²) >= 11 is 5.09. The molecule has 0 aliphatic heterocycles. The molecule has 21 heavy (non-hydrogen) atoms. The van der Waals surface area contributed by atoms with Crippen LogP contribution in [-0.2, 0) is 17.4 Å². The van der Waals surface area contributed by atoms with Gasteiger partial charge in [-0.05, 0) is 17.7 Å². The van der Waals surface area contributed by atoms with Gasteiger partial charge in [0.2, 0.25) is 0 Å². The predicted molar refractivity (Wildman–Crippen MR) is 90.8 cm³/mol. The average Bonchev–Trinajstić information content (AvgIpc) is 2.93. The van der Waals surface area contributed by atoms with E-state index >= 15 is 0 Å². The zero-order valence-electron chi connectivity index (χ0n) is 12.8. The van der Waals surface area contributed by atoms with E-state index in [1.54, 1.807) is 18.4 Å². The number of hydrogen-bond acceptors (Lipinski definition) is 4. The van der Waals surface area contributed by atoms with Gasteiger partial charge in [-0.15, -0.1) is 11.3 Å². The smallest absolute Gasteiger partial charge is 0.162 e. The minimum atomic E-state index is 0.0717. The Labute approximate surface area is 138 Å². The van der Waals surface area contributed by atoms with Crippen LogP contribution in [0.4, 0.5) is 0 Å². The van der Waals surface area contributed by atoms with Crippen LogP contribution in [0.5, 0.6) is 11.5 Å². The summed E-state index contributed by atoms with van der Waals surface area (Å²) in [5.41, 5.74) is 2.33. The summed E-state index contributed by atoms with van der Waals surface area (Å²) in [6.07, 6.45) is 0. The lowest BCUT2D eigenvalue weighted by Gasteiger charge is -2.14. The minimum Gasteiger partial charge on any atom is -0.493 e. The second kappa shape index (κ2) is 6.79. The molecule has 0 atom stereocenters. The lowest BCUT2D eigenvalue weighted by atomic mass is 9.93. The van der Waals surface area contributed by atoms with E-state index in [4.69, 9.17) is 9.47 Å². The number of halogens is 1. The first-order valence-electron chi connectivity index (χ1n) is 6.74. The summed E-state index contributed by atoms with van der Waals surface area (Å²) in [5, 5.41) is 3.87. The van der Waals surface area contributed by atoms with E-state index in [0.29, 0.717) is 6.61 Å². The van der Waals surface area contributed by atoms with Crippen molar-refractivity contribution in [1.82, 2.24) is 4.98 Å². The number of nitrogens with zero attached hydrogens (tertiary/aromatic N) is 1. The van der Waals surface area contributed by atoms with Gasteiger partial charge < -0.3 is 9.47 Å². The SMILES string of the molecule is COc1ccc(CBr)cc1OCc1nc(C(C)(C)C)cs1. The highest BCUT2D eigenvalue weighted by Crippen LogP contribution is 2.30. The van der Waals surface area contributed by atoms with Crippen LogP contribution < -0.4 is 9.47 Å². The van der Waals surface area contributed by atoms with Crippen molar-refractivity contribution in [3.63, 3.8) is 0 Å². The molecule has 0 saturated heterocycles. The van der Waals surface area contributed by atoms with Crippen LogP contribution in [0, 0.1) is 0 Å². The Morgan fingerprint density at radius 3 is 2.57 bits per heavy atom. The van der Waals surface area contributed by atoms with E-state index in [1.165, 1.54) is 0 Å². The first-order chi connectivity index (χ1) is 9.94. The van der Waals surface area contributed by atoms with Crippen molar-refractivity contribution in [1.29, 1.82) is 0 Å². The number of ether oxygens (including phenoxy) is 2.